The molecule has 1 aliphatic heterocycles. The number of carboxylic acids is 1. The number of rotatable bonds is 4. The second-order valence-corrected chi connectivity index (χ2v) is 8.62. The molecule has 5 aromatic rings. The quantitative estimate of drug-likeness (QED) is 0.394. The lowest BCUT2D eigenvalue weighted by Gasteiger charge is -2.28. The summed E-state index contributed by atoms with van der Waals surface area (Å²) < 4.78 is 7.08. The Bertz CT molecular complexity index is 1670. The van der Waals surface area contributed by atoms with Gasteiger partial charge in [0, 0.05) is 13.6 Å². The van der Waals surface area contributed by atoms with Crippen molar-refractivity contribution in [1.82, 2.24) is 14.5 Å². The van der Waals surface area contributed by atoms with Crippen molar-refractivity contribution in [2.75, 3.05) is 4.90 Å². The van der Waals surface area contributed by atoms with E-state index in [1.807, 2.05) is 41.3 Å². The third kappa shape index (κ3) is 3.32. The van der Waals surface area contributed by atoms with Gasteiger partial charge in [0.1, 0.15) is 5.52 Å². The van der Waals surface area contributed by atoms with Gasteiger partial charge in [-0.1, -0.05) is 48.5 Å². The van der Waals surface area contributed by atoms with Gasteiger partial charge < -0.3 is 19.5 Å². The number of carboxylic acid groups (broad SMARTS) is 1. The first-order valence-corrected chi connectivity index (χ1v) is 11.3. The first-order chi connectivity index (χ1) is 17.4. The maximum Gasteiger partial charge on any atom is 0.335 e. The number of nitrogens with zero attached hydrogens (tertiary/aromatic N) is 4. The molecule has 0 aliphatic carbocycles. The lowest BCUT2D eigenvalue weighted by atomic mass is 9.96. The molecule has 9 nitrogen and oxygen atoms in total. The van der Waals surface area contributed by atoms with Crippen LogP contribution in [-0.2, 0) is 13.6 Å². The highest BCUT2D eigenvalue weighted by Crippen LogP contribution is 2.42. The van der Waals surface area contributed by atoms with Gasteiger partial charge in [0.2, 0.25) is 11.7 Å². The molecule has 0 saturated carbocycles. The van der Waals surface area contributed by atoms with Crippen molar-refractivity contribution in [1.29, 1.82) is 0 Å². The van der Waals surface area contributed by atoms with E-state index in [2.05, 4.69) is 9.97 Å². The molecule has 0 spiro atoms. The van der Waals surface area contributed by atoms with Crippen LogP contribution in [0.4, 0.5) is 5.95 Å². The normalized spacial score (nSPS) is 14.8. The Balaban J connectivity index is 1.55. The van der Waals surface area contributed by atoms with E-state index in [1.165, 1.54) is 11.6 Å². The Morgan fingerprint density at radius 2 is 1.78 bits per heavy atom. The van der Waals surface area contributed by atoms with E-state index in [-0.39, 0.29) is 23.1 Å². The van der Waals surface area contributed by atoms with Crippen LogP contribution in [0.1, 0.15) is 33.1 Å². The van der Waals surface area contributed by atoms with Gasteiger partial charge in [0.05, 0.1) is 11.6 Å². The molecule has 2 aromatic heterocycles. The Kier molecular flexibility index (Phi) is 4.85. The van der Waals surface area contributed by atoms with Gasteiger partial charge in [-0.3, -0.25) is 9.36 Å². The topological polar surface area (TPSA) is 122 Å². The minimum Gasteiger partial charge on any atom is -0.501 e. The van der Waals surface area contributed by atoms with Gasteiger partial charge in [0.15, 0.2) is 11.3 Å². The first-order valence-electron chi connectivity index (χ1n) is 11.3. The van der Waals surface area contributed by atoms with E-state index < -0.39 is 23.3 Å². The minimum absolute atomic E-state index is 0.0359. The predicted octanol–water partition coefficient (Wildman–Crippen LogP) is 4.10. The standard InChI is InChI=1S/C27H20N4O5/c1-30-25(33)23(32)21(24-28-19-9-5-6-10-20(19)36-24)29-27(30)31-14-17-12-11-16(26(34)35)13-18(17)22(31)15-7-3-2-4-8-15/h2-13,22,32H,14H2,1H3,(H,34,35)/t22-/m0/s1. The molecule has 3 heterocycles. The lowest BCUT2D eigenvalue weighted by molar-refractivity contribution is 0.0696. The van der Waals surface area contributed by atoms with E-state index in [0.29, 0.717) is 17.6 Å². The number of hydrogen-bond donors (Lipinski definition) is 2. The molecule has 6 rings (SSSR count). The zero-order valence-corrected chi connectivity index (χ0v) is 19.1. The van der Waals surface area contributed by atoms with Crippen molar-refractivity contribution in [3.05, 3.63) is 105 Å². The number of benzene rings is 3. The summed E-state index contributed by atoms with van der Waals surface area (Å²) in [5.74, 6) is -1.25. The maximum atomic E-state index is 13.1. The zero-order chi connectivity index (χ0) is 25.0. The second-order valence-electron chi connectivity index (χ2n) is 8.62. The predicted molar refractivity (Wildman–Crippen MR) is 132 cm³/mol. The molecule has 0 bridgehead atoms. The number of aromatic hydroxyl groups is 1. The fraction of sp³-hybridized carbons (Fsp3) is 0.111. The maximum absolute atomic E-state index is 13.1. The van der Waals surface area contributed by atoms with Crippen LogP contribution in [0.25, 0.3) is 22.7 Å². The number of hydrogen-bond acceptors (Lipinski definition) is 7. The van der Waals surface area contributed by atoms with Crippen molar-refractivity contribution < 1.29 is 19.4 Å². The van der Waals surface area contributed by atoms with Crippen LogP contribution in [0.15, 0.2) is 82.0 Å². The van der Waals surface area contributed by atoms with Gasteiger partial charge in [-0.2, -0.15) is 0 Å². The molecule has 0 amide bonds. The van der Waals surface area contributed by atoms with Crippen LogP contribution in [0.3, 0.4) is 0 Å². The smallest absolute Gasteiger partial charge is 0.335 e. The molecule has 1 aliphatic rings. The summed E-state index contributed by atoms with van der Waals surface area (Å²) in [6, 6.07) is 21.3. The zero-order valence-electron chi connectivity index (χ0n) is 19.1. The second kappa shape index (κ2) is 8.09. The van der Waals surface area contributed by atoms with Crippen LogP contribution in [0.2, 0.25) is 0 Å². The van der Waals surface area contributed by atoms with Crippen LogP contribution >= 0.6 is 0 Å². The number of carbonyl (C=O) groups is 1. The molecule has 1 atom stereocenters. The molecule has 3 aromatic carbocycles. The van der Waals surface area contributed by atoms with Gasteiger partial charge in [0.25, 0.3) is 11.4 Å². The molecule has 2 N–H and O–H groups in total. The molecular formula is C27H20N4O5. The van der Waals surface area contributed by atoms with E-state index in [1.54, 1.807) is 36.4 Å². The Hall–Kier alpha value is -4.92. The highest BCUT2D eigenvalue weighted by atomic mass is 16.4. The SMILES string of the molecule is Cn1c(N2Cc3ccc(C(=O)O)cc3[C@@H]2c2ccccc2)nc(-c2nc3ccccc3o2)c(O)c1=O. The number of aromatic nitrogens is 3. The number of anilines is 1. The van der Waals surface area contributed by atoms with Crippen molar-refractivity contribution >= 4 is 23.0 Å². The summed E-state index contributed by atoms with van der Waals surface area (Å²) in [5.41, 5.74) is 3.19. The third-order valence-corrected chi connectivity index (χ3v) is 6.45. The van der Waals surface area contributed by atoms with E-state index in [0.717, 1.165) is 16.7 Å². The average Bonchev–Trinajstić information content (AvgIpc) is 3.49. The van der Waals surface area contributed by atoms with E-state index in [9.17, 15) is 19.8 Å². The minimum atomic E-state index is -1.02. The summed E-state index contributed by atoms with van der Waals surface area (Å²) in [6.07, 6.45) is 0. The average molecular weight is 480 g/mol. The summed E-state index contributed by atoms with van der Waals surface area (Å²) in [4.78, 5) is 35.8. The van der Waals surface area contributed by atoms with E-state index in [4.69, 9.17) is 4.42 Å². The Labute approximate surface area is 204 Å². The van der Waals surface area contributed by atoms with Crippen molar-refractivity contribution in [2.45, 2.75) is 12.6 Å². The van der Waals surface area contributed by atoms with Crippen LogP contribution in [0, 0.1) is 0 Å². The van der Waals surface area contributed by atoms with Gasteiger partial charge in [-0.25, -0.2) is 14.8 Å². The third-order valence-electron chi connectivity index (χ3n) is 6.45. The van der Waals surface area contributed by atoms with Gasteiger partial charge >= 0.3 is 5.97 Å². The van der Waals surface area contributed by atoms with Crippen molar-refractivity contribution in [2.24, 2.45) is 7.05 Å². The highest BCUT2D eigenvalue weighted by Gasteiger charge is 2.35. The number of oxazole rings is 1. The van der Waals surface area contributed by atoms with Gasteiger partial charge in [-0.15, -0.1) is 0 Å². The van der Waals surface area contributed by atoms with Crippen molar-refractivity contribution in [3.63, 3.8) is 0 Å². The Morgan fingerprint density at radius 3 is 2.53 bits per heavy atom. The molecular weight excluding hydrogens is 460 g/mol. The number of aromatic carboxylic acids is 1. The summed E-state index contributed by atoms with van der Waals surface area (Å²) in [6.45, 7) is 0.382. The summed E-state index contributed by atoms with van der Waals surface area (Å²) in [7, 11) is 1.54. The summed E-state index contributed by atoms with van der Waals surface area (Å²) >= 11 is 0. The fourth-order valence-corrected chi connectivity index (χ4v) is 4.71. The molecule has 9 heteroatoms. The molecule has 178 valence electrons. The lowest BCUT2D eigenvalue weighted by Crippen LogP contribution is -2.31. The molecule has 0 radical (unpaired) electrons. The molecule has 0 unspecified atom stereocenters. The van der Waals surface area contributed by atoms with Crippen LogP contribution < -0.4 is 10.5 Å². The molecule has 0 fully saturated rings. The van der Waals surface area contributed by atoms with Crippen molar-refractivity contribution in [3.8, 4) is 17.3 Å². The molecule has 0 saturated heterocycles. The highest BCUT2D eigenvalue weighted by molar-refractivity contribution is 5.88. The molecule has 36 heavy (non-hydrogen) atoms. The van der Waals surface area contributed by atoms with Crippen LogP contribution in [0.5, 0.6) is 5.75 Å². The number of para-hydroxylation sites is 2. The van der Waals surface area contributed by atoms with Gasteiger partial charge in [-0.05, 0) is 41.0 Å². The largest absolute Gasteiger partial charge is 0.501 e. The Morgan fingerprint density at radius 1 is 1.03 bits per heavy atom. The fourth-order valence-electron chi connectivity index (χ4n) is 4.71. The van der Waals surface area contributed by atoms with Crippen LogP contribution in [-0.4, -0.2) is 30.7 Å². The number of fused-ring (bicyclic) bond motifs is 2. The van der Waals surface area contributed by atoms with E-state index >= 15 is 0 Å². The summed E-state index contributed by atoms with van der Waals surface area (Å²) in [5, 5.41) is 20.3. The monoisotopic (exact) mass is 480 g/mol. The first kappa shape index (κ1) is 21.6.